The minimum absolute atomic E-state index is 0.0680. The number of hydrazone groups is 2. The molecule has 0 aliphatic carbocycles. The fraction of sp³-hybridized carbons (Fsp3) is 0. The largest absolute Gasteiger partial charge is 0.507 e. The molecule has 0 unspecified atom stereocenters. The summed E-state index contributed by atoms with van der Waals surface area (Å²) in [4.78, 5) is 24.4. The van der Waals surface area contributed by atoms with Gasteiger partial charge < -0.3 is 10.2 Å². The van der Waals surface area contributed by atoms with E-state index in [0.29, 0.717) is 5.56 Å². The fourth-order valence-corrected chi connectivity index (χ4v) is 2.49. The number of nitrogens with zero attached hydrogens (tertiary/aromatic N) is 2. The van der Waals surface area contributed by atoms with Gasteiger partial charge in [0.15, 0.2) is 0 Å². The average molecular weight is 402 g/mol. The van der Waals surface area contributed by atoms with Gasteiger partial charge in [0.2, 0.25) is 0 Å². The SMILES string of the molecule is O=C(N/N=C/C(=N/NC(=O)c1ccccc1O)c1ccccc1)c1ccccc1O. The van der Waals surface area contributed by atoms with Crippen LogP contribution in [0.1, 0.15) is 26.3 Å². The Labute approximate surface area is 172 Å². The number of benzene rings is 3. The molecule has 4 N–H and O–H groups in total. The third kappa shape index (κ3) is 5.08. The van der Waals surface area contributed by atoms with Crippen LogP contribution in [0.5, 0.6) is 11.5 Å². The number of phenolic OH excluding ortho intramolecular Hbond substituents is 2. The zero-order valence-electron chi connectivity index (χ0n) is 15.7. The third-order valence-electron chi connectivity index (χ3n) is 4.00. The molecule has 8 nitrogen and oxygen atoms in total. The predicted octanol–water partition coefficient (Wildman–Crippen LogP) is 2.65. The first-order valence-corrected chi connectivity index (χ1v) is 8.89. The van der Waals surface area contributed by atoms with E-state index in [2.05, 4.69) is 21.1 Å². The highest BCUT2D eigenvalue weighted by Gasteiger charge is 2.11. The summed E-state index contributed by atoms with van der Waals surface area (Å²) >= 11 is 0. The van der Waals surface area contributed by atoms with Gasteiger partial charge in [-0.2, -0.15) is 10.2 Å². The summed E-state index contributed by atoms with van der Waals surface area (Å²) in [6.45, 7) is 0. The van der Waals surface area contributed by atoms with E-state index >= 15 is 0 Å². The zero-order valence-corrected chi connectivity index (χ0v) is 15.7. The first-order valence-electron chi connectivity index (χ1n) is 8.89. The van der Waals surface area contributed by atoms with E-state index in [-0.39, 0.29) is 28.3 Å². The van der Waals surface area contributed by atoms with Crippen LogP contribution in [-0.2, 0) is 0 Å². The molecule has 0 saturated carbocycles. The topological polar surface area (TPSA) is 123 Å². The van der Waals surface area contributed by atoms with Gasteiger partial charge in [0.25, 0.3) is 11.8 Å². The van der Waals surface area contributed by atoms with Gasteiger partial charge in [0.1, 0.15) is 17.2 Å². The van der Waals surface area contributed by atoms with Crippen LogP contribution in [0.3, 0.4) is 0 Å². The van der Waals surface area contributed by atoms with Crippen molar-refractivity contribution in [3.8, 4) is 11.5 Å². The van der Waals surface area contributed by atoms with Gasteiger partial charge in [-0.15, -0.1) is 0 Å². The summed E-state index contributed by atoms with van der Waals surface area (Å²) in [6.07, 6.45) is 1.26. The summed E-state index contributed by atoms with van der Waals surface area (Å²) in [7, 11) is 0. The van der Waals surface area contributed by atoms with Gasteiger partial charge in [0.05, 0.1) is 17.3 Å². The molecule has 3 rings (SSSR count). The van der Waals surface area contributed by atoms with E-state index in [1.807, 2.05) is 6.07 Å². The van der Waals surface area contributed by atoms with Crippen LogP contribution in [0.2, 0.25) is 0 Å². The maximum absolute atomic E-state index is 12.3. The smallest absolute Gasteiger partial charge is 0.275 e. The van der Waals surface area contributed by atoms with Gasteiger partial charge >= 0.3 is 0 Å². The van der Waals surface area contributed by atoms with Gasteiger partial charge in [-0.3, -0.25) is 9.59 Å². The molecule has 0 fully saturated rings. The summed E-state index contributed by atoms with van der Waals surface area (Å²) < 4.78 is 0. The Bertz CT molecular complexity index is 1110. The minimum Gasteiger partial charge on any atom is -0.507 e. The van der Waals surface area contributed by atoms with Crippen LogP contribution in [0.25, 0.3) is 0 Å². The van der Waals surface area contributed by atoms with Crippen molar-refractivity contribution in [1.29, 1.82) is 0 Å². The number of hydrogen-bond donors (Lipinski definition) is 4. The third-order valence-corrected chi connectivity index (χ3v) is 4.00. The van der Waals surface area contributed by atoms with Crippen molar-refractivity contribution in [3.63, 3.8) is 0 Å². The van der Waals surface area contributed by atoms with Crippen molar-refractivity contribution in [2.75, 3.05) is 0 Å². The standard InChI is InChI=1S/C22H18N4O4/c27-19-12-6-4-10-16(19)21(29)25-23-14-18(15-8-2-1-3-9-15)24-26-22(30)17-11-5-7-13-20(17)28/h1-14,27-28H,(H,25,29)(H,26,30)/b23-14+,24-18-. The Morgan fingerprint density at radius 3 is 1.77 bits per heavy atom. The molecule has 0 radical (unpaired) electrons. The fourth-order valence-electron chi connectivity index (χ4n) is 2.49. The molecule has 0 aliphatic rings. The molecule has 0 atom stereocenters. The molecule has 0 spiro atoms. The first-order chi connectivity index (χ1) is 14.6. The maximum atomic E-state index is 12.3. The average Bonchev–Trinajstić information content (AvgIpc) is 2.77. The van der Waals surface area contributed by atoms with Crippen LogP contribution in [0, 0.1) is 0 Å². The number of para-hydroxylation sites is 2. The van der Waals surface area contributed by atoms with Crippen LogP contribution in [-0.4, -0.2) is 34.0 Å². The molecule has 2 amide bonds. The Balaban J connectivity index is 1.78. The molecule has 0 heterocycles. The van der Waals surface area contributed by atoms with Crippen LogP contribution >= 0.6 is 0 Å². The molecule has 0 aliphatic heterocycles. The lowest BCUT2D eigenvalue weighted by atomic mass is 10.1. The number of nitrogens with one attached hydrogen (secondary N) is 2. The molecular formula is C22H18N4O4. The van der Waals surface area contributed by atoms with E-state index in [4.69, 9.17) is 0 Å². The highest BCUT2D eigenvalue weighted by molar-refractivity contribution is 6.38. The summed E-state index contributed by atoms with van der Waals surface area (Å²) in [5.74, 6) is -1.55. The Morgan fingerprint density at radius 1 is 0.700 bits per heavy atom. The van der Waals surface area contributed by atoms with E-state index < -0.39 is 11.8 Å². The van der Waals surface area contributed by atoms with Crippen molar-refractivity contribution < 1.29 is 19.8 Å². The van der Waals surface area contributed by atoms with Crippen molar-refractivity contribution in [3.05, 3.63) is 95.6 Å². The molecule has 8 heteroatoms. The lowest BCUT2D eigenvalue weighted by molar-refractivity contribution is 0.0943. The first kappa shape index (κ1) is 20.3. The molecular weight excluding hydrogens is 384 g/mol. The van der Waals surface area contributed by atoms with E-state index in [1.54, 1.807) is 48.5 Å². The number of carbonyl (C=O) groups is 2. The Morgan fingerprint density at radius 2 is 1.20 bits per heavy atom. The summed E-state index contributed by atoms with van der Waals surface area (Å²) in [5, 5.41) is 27.5. The minimum atomic E-state index is -0.604. The molecule has 150 valence electrons. The lowest BCUT2D eigenvalue weighted by Crippen LogP contribution is -2.22. The number of aromatic hydroxyl groups is 2. The highest BCUT2D eigenvalue weighted by atomic mass is 16.3. The molecule has 0 aromatic heterocycles. The van der Waals surface area contributed by atoms with Crippen molar-refractivity contribution in [1.82, 2.24) is 10.9 Å². The quantitative estimate of drug-likeness (QED) is 0.374. The summed E-state index contributed by atoms with van der Waals surface area (Å²) in [6, 6.07) is 21.0. The van der Waals surface area contributed by atoms with Crippen molar-refractivity contribution in [2.45, 2.75) is 0 Å². The molecule has 3 aromatic rings. The molecule has 30 heavy (non-hydrogen) atoms. The Kier molecular flexibility index (Phi) is 6.52. The van der Waals surface area contributed by atoms with E-state index in [9.17, 15) is 19.8 Å². The van der Waals surface area contributed by atoms with Crippen LogP contribution in [0.15, 0.2) is 89.1 Å². The number of hydrogen-bond acceptors (Lipinski definition) is 6. The van der Waals surface area contributed by atoms with Crippen molar-refractivity contribution in [2.24, 2.45) is 10.2 Å². The second kappa shape index (κ2) is 9.65. The Hall–Kier alpha value is -4.46. The van der Waals surface area contributed by atoms with E-state index in [0.717, 1.165) is 0 Å². The number of rotatable bonds is 6. The number of carbonyl (C=O) groups excluding carboxylic acids is 2. The highest BCUT2D eigenvalue weighted by Crippen LogP contribution is 2.16. The summed E-state index contributed by atoms with van der Waals surface area (Å²) in [5.41, 5.74) is 5.70. The second-order valence-corrected chi connectivity index (χ2v) is 6.04. The van der Waals surface area contributed by atoms with Crippen LogP contribution in [0.4, 0.5) is 0 Å². The number of amides is 2. The predicted molar refractivity (Wildman–Crippen MR) is 113 cm³/mol. The van der Waals surface area contributed by atoms with Gasteiger partial charge in [0, 0.05) is 5.56 Å². The monoisotopic (exact) mass is 402 g/mol. The number of phenols is 2. The van der Waals surface area contributed by atoms with Gasteiger partial charge in [-0.05, 0) is 24.3 Å². The molecule has 0 bridgehead atoms. The van der Waals surface area contributed by atoms with E-state index in [1.165, 1.54) is 30.5 Å². The normalized spacial score (nSPS) is 11.3. The zero-order chi connectivity index (χ0) is 21.3. The van der Waals surface area contributed by atoms with Gasteiger partial charge in [-0.25, -0.2) is 10.9 Å². The van der Waals surface area contributed by atoms with Crippen molar-refractivity contribution >= 4 is 23.7 Å². The second-order valence-electron chi connectivity index (χ2n) is 6.04. The van der Waals surface area contributed by atoms with Crippen LogP contribution < -0.4 is 10.9 Å². The maximum Gasteiger partial charge on any atom is 0.275 e. The molecule has 3 aromatic carbocycles. The lowest BCUT2D eigenvalue weighted by Gasteiger charge is -2.05. The van der Waals surface area contributed by atoms with Gasteiger partial charge in [-0.1, -0.05) is 54.6 Å². The molecule has 0 saturated heterocycles.